The number of ether oxygens (including phenoxy) is 2. The maximum atomic E-state index is 12.8. The fourth-order valence-electron chi connectivity index (χ4n) is 4.29. The van der Waals surface area contributed by atoms with Crippen molar-refractivity contribution in [3.05, 3.63) is 82.3 Å². The minimum Gasteiger partial charge on any atom is -0.497 e. The molecule has 0 bridgehead atoms. The van der Waals surface area contributed by atoms with Crippen LogP contribution in [0.3, 0.4) is 0 Å². The molecule has 1 saturated heterocycles. The first-order chi connectivity index (χ1) is 16.9. The first-order valence-electron chi connectivity index (χ1n) is 11.7. The number of benzene rings is 2. The lowest BCUT2D eigenvalue weighted by atomic mass is 10.2. The maximum absolute atomic E-state index is 12.8. The van der Waals surface area contributed by atoms with E-state index in [1.807, 2.05) is 43.3 Å². The predicted octanol–water partition coefficient (Wildman–Crippen LogP) is 3.13. The average Bonchev–Trinajstić information content (AvgIpc) is 2.86. The number of pyridine rings is 1. The summed E-state index contributed by atoms with van der Waals surface area (Å²) in [5, 5.41) is 2.94. The monoisotopic (exact) mass is 476 g/mol. The molecule has 8 nitrogen and oxygen atoms in total. The molecular weight excluding hydrogens is 444 g/mol. The molecule has 1 fully saturated rings. The molecule has 3 aromatic rings. The molecule has 1 amide bonds. The van der Waals surface area contributed by atoms with Crippen molar-refractivity contribution in [3.8, 4) is 11.5 Å². The molecule has 0 aliphatic carbocycles. The summed E-state index contributed by atoms with van der Waals surface area (Å²) in [5.74, 6) is 0.907. The topological polar surface area (TPSA) is 76.0 Å². The number of hydrogen-bond donors (Lipinski definition) is 1. The van der Waals surface area contributed by atoms with Gasteiger partial charge < -0.3 is 24.3 Å². The van der Waals surface area contributed by atoms with E-state index in [1.54, 1.807) is 23.9 Å². The third-order valence-electron chi connectivity index (χ3n) is 6.21. The van der Waals surface area contributed by atoms with Crippen LogP contribution in [0.25, 0.3) is 0 Å². The number of piperazine rings is 1. The lowest BCUT2D eigenvalue weighted by molar-refractivity contribution is -0.116. The Morgan fingerprint density at radius 2 is 1.71 bits per heavy atom. The SMILES string of the molecule is COc1ccc(N2CCN(Cc3cc(=O)c(OC)cn3CC(=O)Nc3cccc(C)c3)CC2)cc1. The maximum Gasteiger partial charge on any atom is 0.244 e. The second kappa shape index (κ2) is 11.1. The number of carbonyl (C=O) groups is 1. The number of methoxy groups -OCH3 is 2. The molecular formula is C27H32N4O4. The molecule has 0 unspecified atom stereocenters. The number of anilines is 2. The van der Waals surface area contributed by atoms with E-state index in [-0.39, 0.29) is 23.6 Å². The van der Waals surface area contributed by atoms with Crippen molar-refractivity contribution in [2.24, 2.45) is 0 Å². The van der Waals surface area contributed by atoms with Crippen LogP contribution in [0.2, 0.25) is 0 Å². The molecule has 1 aromatic heterocycles. The first-order valence-corrected chi connectivity index (χ1v) is 11.7. The van der Waals surface area contributed by atoms with E-state index in [2.05, 4.69) is 27.2 Å². The minimum atomic E-state index is -0.185. The third-order valence-corrected chi connectivity index (χ3v) is 6.21. The second-order valence-electron chi connectivity index (χ2n) is 8.70. The summed E-state index contributed by atoms with van der Waals surface area (Å²) in [7, 11) is 3.13. The Balaban J connectivity index is 1.43. The van der Waals surface area contributed by atoms with Crippen molar-refractivity contribution in [1.29, 1.82) is 0 Å². The van der Waals surface area contributed by atoms with Gasteiger partial charge in [-0.05, 0) is 48.9 Å². The molecule has 1 aliphatic heterocycles. The van der Waals surface area contributed by atoms with Gasteiger partial charge in [-0.2, -0.15) is 0 Å². The van der Waals surface area contributed by atoms with E-state index in [0.717, 1.165) is 48.9 Å². The number of carbonyl (C=O) groups excluding carboxylic acids is 1. The number of hydrogen-bond acceptors (Lipinski definition) is 6. The second-order valence-corrected chi connectivity index (χ2v) is 8.70. The van der Waals surface area contributed by atoms with Gasteiger partial charge in [0.15, 0.2) is 5.75 Å². The van der Waals surface area contributed by atoms with Gasteiger partial charge in [0.05, 0.1) is 20.4 Å². The van der Waals surface area contributed by atoms with Crippen LogP contribution in [0.5, 0.6) is 11.5 Å². The summed E-state index contributed by atoms with van der Waals surface area (Å²) >= 11 is 0. The van der Waals surface area contributed by atoms with Crippen LogP contribution in [-0.2, 0) is 17.9 Å². The van der Waals surface area contributed by atoms with Crippen LogP contribution in [0, 0.1) is 6.92 Å². The number of aryl methyl sites for hydroxylation is 1. The summed E-state index contributed by atoms with van der Waals surface area (Å²) in [5.41, 5.74) is 3.59. The Morgan fingerprint density at radius 1 is 0.971 bits per heavy atom. The smallest absolute Gasteiger partial charge is 0.244 e. The van der Waals surface area contributed by atoms with Crippen molar-refractivity contribution >= 4 is 17.3 Å². The van der Waals surface area contributed by atoms with Gasteiger partial charge in [0.25, 0.3) is 0 Å². The highest BCUT2D eigenvalue weighted by Crippen LogP contribution is 2.21. The van der Waals surface area contributed by atoms with Crippen LogP contribution in [0.15, 0.2) is 65.6 Å². The van der Waals surface area contributed by atoms with E-state index in [1.165, 1.54) is 12.8 Å². The Labute approximate surface area is 205 Å². The van der Waals surface area contributed by atoms with Gasteiger partial charge in [0.2, 0.25) is 11.3 Å². The Kier molecular flexibility index (Phi) is 7.72. The zero-order chi connectivity index (χ0) is 24.8. The van der Waals surface area contributed by atoms with Crippen molar-refractivity contribution < 1.29 is 14.3 Å². The van der Waals surface area contributed by atoms with E-state index in [4.69, 9.17) is 9.47 Å². The minimum absolute atomic E-state index is 0.0890. The molecule has 1 aliphatic rings. The van der Waals surface area contributed by atoms with Gasteiger partial charge in [-0.3, -0.25) is 14.5 Å². The number of rotatable bonds is 8. The van der Waals surface area contributed by atoms with Gasteiger partial charge in [-0.1, -0.05) is 12.1 Å². The number of amides is 1. The highest BCUT2D eigenvalue weighted by molar-refractivity contribution is 5.90. The molecule has 184 valence electrons. The largest absolute Gasteiger partial charge is 0.497 e. The molecule has 8 heteroatoms. The molecule has 2 aromatic carbocycles. The summed E-state index contributed by atoms with van der Waals surface area (Å²) < 4.78 is 12.3. The van der Waals surface area contributed by atoms with Crippen molar-refractivity contribution in [2.75, 3.05) is 50.6 Å². The highest BCUT2D eigenvalue weighted by Gasteiger charge is 2.20. The highest BCUT2D eigenvalue weighted by atomic mass is 16.5. The molecule has 0 atom stereocenters. The van der Waals surface area contributed by atoms with Gasteiger partial charge in [0.1, 0.15) is 12.3 Å². The van der Waals surface area contributed by atoms with Gasteiger partial charge >= 0.3 is 0 Å². The Hall–Kier alpha value is -3.78. The van der Waals surface area contributed by atoms with Crippen LogP contribution in [0.1, 0.15) is 11.3 Å². The quantitative estimate of drug-likeness (QED) is 0.538. The van der Waals surface area contributed by atoms with Crippen molar-refractivity contribution in [1.82, 2.24) is 9.47 Å². The Bertz CT molecular complexity index is 1210. The molecule has 35 heavy (non-hydrogen) atoms. The van der Waals surface area contributed by atoms with Gasteiger partial charge in [-0.15, -0.1) is 0 Å². The van der Waals surface area contributed by atoms with Crippen molar-refractivity contribution in [3.63, 3.8) is 0 Å². The summed E-state index contributed by atoms with van der Waals surface area (Å²) in [6.07, 6.45) is 1.63. The van der Waals surface area contributed by atoms with Crippen LogP contribution >= 0.6 is 0 Å². The number of nitrogens with zero attached hydrogens (tertiary/aromatic N) is 3. The van der Waals surface area contributed by atoms with Crippen LogP contribution in [-0.4, -0.2) is 55.8 Å². The lowest BCUT2D eigenvalue weighted by Gasteiger charge is -2.36. The number of nitrogens with one attached hydrogen (secondary N) is 1. The first kappa shape index (κ1) is 24.3. The van der Waals surface area contributed by atoms with E-state index >= 15 is 0 Å². The third kappa shape index (κ3) is 6.22. The fraction of sp³-hybridized carbons (Fsp3) is 0.333. The molecule has 0 radical (unpaired) electrons. The molecule has 1 N–H and O–H groups in total. The van der Waals surface area contributed by atoms with E-state index in [0.29, 0.717) is 6.54 Å². The average molecular weight is 477 g/mol. The molecule has 4 rings (SSSR count). The van der Waals surface area contributed by atoms with Gasteiger partial charge in [0, 0.05) is 55.9 Å². The molecule has 2 heterocycles. The zero-order valence-electron chi connectivity index (χ0n) is 20.5. The molecule has 0 spiro atoms. The lowest BCUT2D eigenvalue weighted by Crippen LogP contribution is -2.46. The summed E-state index contributed by atoms with van der Waals surface area (Å²) in [6, 6.07) is 17.3. The van der Waals surface area contributed by atoms with Crippen LogP contribution in [0.4, 0.5) is 11.4 Å². The predicted molar refractivity (Wildman–Crippen MR) is 138 cm³/mol. The standard InChI is InChI=1S/C27H32N4O4/c1-20-5-4-6-21(15-20)28-27(33)19-31-18-26(35-3)25(32)16-23(31)17-29-11-13-30(14-12-29)22-7-9-24(34-2)10-8-22/h4-10,15-16,18H,11-14,17,19H2,1-3H3,(H,28,33). The number of aromatic nitrogens is 1. The Morgan fingerprint density at radius 3 is 2.37 bits per heavy atom. The van der Waals surface area contributed by atoms with E-state index < -0.39 is 0 Å². The van der Waals surface area contributed by atoms with Gasteiger partial charge in [-0.25, -0.2) is 0 Å². The summed E-state index contributed by atoms with van der Waals surface area (Å²) in [6.45, 7) is 6.10. The summed E-state index contributed by atoms with van der Waals surface area (Å²) in [4.78, 5) is 29.9. The molecule has 0 saturated carbocycles. The van der Waals surface area contributed by atoms with E-state index in [9.17, 15) is 9.59 Å². The zero-order valence-corrected chi connectivity index (χ0v) is 20.5. The fourth-order valence-corrected chi connectivity index (χ4v) is 4.29. The van der Waals surface area contributed by atoms with Crippen LogP contribution < -0.4 is 25.1 Å². The normalized spacial score (nSPS) is 14.0. The van der Waals surface area contributed by atoms with Crippen molar-refractivity contribution in [2.45, 2.75) is 20.0 Å².